The molecular weight excluding hydrogens is 387 g/mol. The summed E-state index contributed by atoms with van der Waals surface area (Å²) in [4.78, 5) is 12.4. The van der Waals surface area contributed by atoms with Gasteiger partial charge in [-0.1, -0.05) is 6.07 Å². The predicted octanol–water partition coefficient (Wildman–Crippen LogP) is 4.08. The summed E-state index contributed by atoms with van der Waals surface area (Å²) in [6.45, 7) is 5.34. The van der Waals surface area contributed by atoms with E-state index in [0.29, 0.717) is 5.56 Å². The summed E-state index contributed by atoms with van der Waals surface area (Å²) in [5.74, 6) is -1.18. The molecule has 0 amide bonds. The Morgan fingerprint density at radius 2 is 2.20 bits per heavy atom. The number of benzene rings is 1. The lowest BCUT2D eigenvalue weighted by atomic mass is 10.1. The van der Waals surface area contributed by atoms with Crippen molar-refractivity contribution in [2.24, 2.45) is 0 Å². The van der Waals surface area contributed by atoms with E-state index in [-0.39, 0.29) is 24.0 Å². The van der Waals surface area contributed by atoms with Gasteiger partial charge in [-0.2, -0.15) is 5.26 Å². The first-order valence-corrected chi connectivity index (χ1v) is 9.82. The molecule has 6 nitrogen and oxygen atoms in total. The molecule has 3 rings (SSSR count). The first kappa shape index (κ1) is 21.6. The van der Waals surface area contributed by atoms with E-state index in [2.05, 4.69) is 4.57 Å². The van der Waals surface area contributed by atoms with E-state index in [4.69, 9.17) is 14.2 Å². The fraction of sp³-hybridized carbons (Fsp3) is 0.391. The number of ether oxygens (including phenoxy) is 3. The molecule has 1 aromatic heterocycles. The number of carbonyl (C=O) groups is 1. The maximum Gasteiger partial charge on any atom is 0.349 e. The highest BCUT2D eigenvalue weighted by Crippen LogP contribution is 2.23. The van der Waals surface area contributed by atoms with Crippen LogP contribution in [0.25, 0.3) is 6.08 Å². The normalized spacial score (nSPS) is 16.4. The molecule has 0 radical (unpaired) electrons. The average Bonchev–Trinajstić information content (AvgIpc) is 3.34. The van der Waals surface area contributed by atoms with E-state index >= 15 is 0 Å². The lowest BCUT2D eigenvalue weighted by Gasteiger charge is -2.14. The van der Waals surface area contributed by atoms with Crippen LogP contribution in [-0.2, 0) is 27.4 Å². The Balaban J connectivity index is 1.71. The Hall–Kier alpha value is -3.11. The zero-order valence-electron chi connectivity index (χ0n) is 17.4. The fourth-order valence-corrected chi connectivity index (χ4v) is 3.57. The number of methoxy groups -OCH3 is 1. The van der Waals surface area contributed by atoms with E-state index in [0.717, 1.165) is 42.9 Å². The molecule has 2 aromatic rings. The predicted molar refractivity (Wildman–Crippen MR) is 109 cm³/mol. The third-order valence-corrected chi connectivity index (χ3v) is 5.25. The van der Waals surface area contributed by atoms with Gasteiger partial charge in [0.25, 0.3) is 0 Å². The molecule has 0 aliphatic carbocycles. The summed E-state index contributed by atoms with van der Waals surface area (Å²) in [6.07, 6.45) is 3.83. The van der Waals surface area contributed by atoms with E-state index in [1.807, 2.05) is 26.0 Å². The highest BCUT2D eigenvalue weighted by atomic mass is 19.1. The average molecular weight is 412 g/mol. The van der Waals surface area contributed by atoms with Crippen molar-refractivity contribution in [3.8, 4) is 11.8 Å². The van der Waals surface area contributed by atoms with Crippen LogP contribution in [-0.4, -0.2) is 30.4 Å². The van der Waals surface area contributed by atoms with Gasteiger partial charge in [-0.25, -0.2) is 9.18 Å². The SMILES string of the molecule is COc1ccc(COC(=O)/C(C#N)=C/c2cc(C)n(C[C@@H]3CCCO3)c2C)cc1F. The molecule has 0 bridgehead atoms. The second-order valence-corrected chi connectivity index (χ2v) is 7.29. The molecule has 1 saturated heterocycles. The van der Waals surface area contributed by atoms with Gasteiger partial charge in [0.05, 0.1) is 13.2 Å². The number of aryl methyl sites for hydroxylation is 1. The van der Waals surface area contributed by atoms with Gasteiger partial charge in [-0.05, 0) is 62.1 Å². The summed E-state index contributed by atoms with van der Waals surface area (Å²) in [5.41, 5.74) is 3.14. The first-order chi connectivity index (χ1) is 14.4. The van der Waals surface area contributed by atoms with Gasteiger partial charge in [-0.15, -0.1) is 0 Å². The van der Waals surface area contributed by atoms with Crippen LogP contribution in [0.4, 0.5) is 4.39 Å². The molecule has 30 heavy (non-hydrogen) atoms. The van der Waals surface area contributed by atoms with Crippen molar-refractivity contribution >= 4 is 12.0 Å². The molecule has 0 spiro atoms. The molecule has 1 aromatic carbocycles. The van der Waals surface area contributed by atoms with Crippen LogP contribution in [0.3, 0.4) is 0 Å². The number of nitriles is 1. The van der Waals surface area contributed by atoms with Crippen molar-refractivity contribution in [2.45, 2.75) is 45.9 Å². The van der Waals surface area contributed by atoms with E-state index in [1.165, 1.54) is 25.3 Å². The molecule has 2 heterocycles. The van der Waals surface area contributed by atoms with E-state index in [1.54, 1.807) is 6.07 Å². The third-order valence-electron chi connectivity index (χ3n) is 5.25. The Morgan fingerprint density at radius 3 is 2.83 bits per heavy atom. The van der Waals surface area contributed by atoms with Gasteiger partial charge in [-0.3, -0.25) is 0 Å². The molecule has 1 atom stereocenters. The summed E-state index contributed by atoms with van der Waals surface area (Å²) < 4.78 is 31.7. The van der Waals surface area contributed by atoms with Crippen molar-refractivity contribution in [1.82, 2.24) is 4.57 Å². The zero-order valence-corrected chi connectivity index (χ0v) is 17.4. The van der Waals surface area contributed by atoms with Gasteiger partial charge in [0.2, 0.25) is 0 Å². The van der Waals surface area contributed by atoms with Crippen molar-refractivity contribution in [3.05, 3.63) is 58.2 Å². The maximum absolute atomic E-state index is 13.8. The first-order valence-electron chi connectivity index (χ1n) is 9.82. The number of hydrogen-bond acceptors (Lipinski definition) is 5. The molecule has 0 saturated carbocycles. The number of hydrogen-bond donors (Lipinski definition) is 0. The Bertz CT molecular complexity index is 997. The highest BCUT2D eigenvalue weighted by molar-refractivity contribution is 5.98. The number of esters is 1. The Kier molecular flexibility index (Phi) is 6.91. The second kappa shape index (κ2) is 9.59. The monoisotopic (exact) mass is 412 g/mol. The van der Waals surface area contributed by atoms with Crippen LogP contribution in [0.5, 0.6) is 5.75 Å². The molecule has 7 heteroatoms. The Morgan fingerprint density at radius 1 is 1.40 bits per heavy atom. The minimum absolute atomic E-state index is 0.110. The number of rotatable bonds is 7. The number of nitrogens with zero attached hydrogens (tertiary/aromatic N) is 2. The van der Waals surface area contributed by atoms with Gasteiger partial charge < -0.3 is 18.8 Å². The van der Waals surface area contributed by atoms with E-state index in [9.17, 15) is 14.4 Å². The number of halogens is 1. The summed E-state index contributed by atoms with van der Waals surface area (Å²) in [5, 5.41) is 9.44. The minimum atomic E-state index is -0.752. The van der Waals surface area contributed by atoms with Crippen LogP contribution < -0.4 is 4.74 Å². The van der Waals surface area contributed by atoms with Crippen LogP contribution in [0, 0.1) is 31.0 Å². The lowest BCUT2D eigenvalue weighted by Crippen LogP contribution is -2.16. The van der Waals surface area contributed by atoms with Crippen LogP contribution >= 0.6 is 0 Å². The standard InChI is InChI=1S/C23H25FN2O4/c1-15-9-18(16(2)26(15)13-20-5-4-8-29-20)11-19(12-25)23(27)30-14-17-6-7-22(28-3)21(24)10-17/h6-7,9-11,20H,4-5,8,13-14H2,1-3H3/b19-11+/t20-/m0/s1. The molecule has 1 aliphatic rings. The fourth-order valence-electron chi connectivity index (χ4n) is 3.57. The topological polar surface area (TPSA) is 73.5 Å². The lowest BCUT2D eigenvalue weighted by molar-refractivity contribution is -0.139. The molecule has 0 unspecified atom stereocenters. The van der Waals surface area contributed by atoms with Crippen LogP contribution in [0.2, 0.25) is 0 Å². The van der Waals surface area contributed by atoms with Gasteiger partial charge in [0, 0.05) is 24.5 Å². The number of aromatic nitrogens is 1. The smallest absolute Gasteiger partial charge is 0.349 e. The molecule has 1 fully saturated rings. The molecular formula is C23H25FN2O4. The minimum Gasteiger partial charge on any atom is -0.494 e. The summed E-state index contributed by atoms with van der Waals surface area (Å²) in [6, 6.07) is 8.14. The second-order valence-electron chi connectivity index (χ2n) is 7.29. The molecule has 158 valence electrons. The molecule has 1 aliphatic heterocycles. The number of carbonyl (C=O) groups excluding carboxylic acids is 1. The quantitative estimate of drug-likeness (QED) is 0.389. The zero-order chi connectivity index (χ0) is 21.7. The van der Waals surface area contributed by atoms with Crippen molar-refractivity contribution in [2.75, 3.05) is 13.7 Å². The Labute approximate surface area is 175 Å². The summed E-state index contributed by atoms with van der Waals surface area (Å²) >= 11 is 0. The van der Waals surface area contributed by atoms with Crippen LogP contribution in [0.15, 0.2) is 29.8 Å². The highest BCUT2D eigenvalue weighted by Gasteiger charge is 2.19. The van der Waals surface area contributed by atoms with Gasteiger partial charge in [0.15, 0.2) is 11.6 Å². The van der Waals surface area contributed by atoms with E-state index < -0.39 is 11.8 Å². The molecule has 0 N–H and O–H groups in total. The third kappa shape index (κ3) is 4.89. The maximum atomic E-state index is 13.8. The van der Waals surface area contributed by atoms with Gasteiger partial charge in [0.1, 0.15) is 18.2 Å². The van der Waals surface area contributed by atoms with Crippen molar-refractivity contribution < 1.29 is 23.4 Å². The largest absolute Gasteiger partial charge is 0.494 e. The van der Waals surface area contributed by atoms with Crippen molar-refractivity contribution in [3.63, 3.8) is 0 Å². The van der Waals surface area contributed by atoms with Crippen molar-refractivity contribution in [1.29, 1.82) is 5.26 Å². The van der Waals surface area contributed by atoms with Gasteiger partial charge >= 0.3 is 5.97 Å². The van der Waals surface area contributed by atoms with Crippen LogP contribution in [0.1, 0.15) is 35.4 Å². The summed E-state index contributed by atoms with van der Waals surface area (Å²) in [7, 11) is 1.37.